The van der Waals surface area contributed by atoms with E-state index in [4.69, 9.17) is 18.9 Å². The van der Waals surface area contributed by atoms with Crippen molar-refractivity contribution in [3.63, 3.8) is 0 Å². The summed E-state index contributed by atoms with van der Waals surface area (Å²) in [6, 6.07) is -1.94. The Morgan fingerprint density at radius 1 is 0.980 bits per heavy atom. The van der Waals surface area contributed by atoms with E-state index in [2.05, 4.69) is 11.4 Å². The van der Waals surface area contributed by atoms with Crippen molar-refractivity contribution in [3.8, 4) is 0 Å². The van der Waals surface area contributed by atoms with Crippen molar-refractivity contribution in [3.05, 3.63) is 22.8 Å². The Balaban J connectivity index is 1.47. The second-order valence-electron chi connectivity index (χ2n) is 16.2. The third-order valence-electron chi connectivity index (χ3n) is 9.05. The number of methoxy groups -OCH3 is 1. The molecule has 0 aromatic carbocycles. The van der Waals surface area contributed by atoms with Gasteiger partial charge in [-0.1, -0.05) is 59.1 Å². The fourth-order valence-electron chi connectivity index (χ4n) is 6.39. The van der Waals surface area contributed by atoms with Crippen molar-refractivity contribution in [1.29, 1.82) is 0 Å². The second-order valence-corrected chi connectivity index (χ2v) is 16.2. The molecule has 2 heterocycles. The Morgan fingerprint density at radius 2 is 1.67 bits per heavy atom. The summed E-state index contributed by atoms with van der Waals surface area (Å²) >= 11 is 0. The molecule has 13 nitrogen and oxygen atoms in total. The molecule has 0 aromatic heterocycles. The quantitative estimate of drug-likeness (QED) is 0.137. The first kappa shape index (κ1) is 39.7. The molecule has 3 amide bonds. The van der Waals surface area contributed by atoms with E-state index in [-0.39, 0.29) is 25.0 Å². The molecule has 276 valence electrons. The van der Waals surface area contributed by atoms with E-state index in [1.807, 2.05) is 13.8 Å². The van der Waals surface area contributed by atoms with Gasteiger partial charge in [-0.15, -0.1) is 0 Å². The van der Waals surface area contributed by atoms with Crippen molar-refractivity contribution < 1.29 is 48.0 Å². The van der Waals surface area contributed by atoms with Crippen molar-refractivity contribution >= 4 is 30.2 Å². The van der Waals surface area contributed by atoms with Gasteiger partial charge in [-0.2, -0.15) is 0 Å². The van der Waals surface area contributed by atoms with Crippen LogP contribution >= 0.6 is 0 Å². The van der Waals surface area contributed by atoms with Gasteiger partial charge in [-0.05, 0) is 74.9 Å². The molecule has 13 heteroatoms. The summed E-state index contributed by atoms with van der Waals surface area (Å²) in [7, 11) is 1.26. The molecule has 1 aliphatic carbocycles. The van der Waals surface area contributed by atoms with Crippen LogP contribution in [-0.4, -0.2) is 102 Å². The number of carbonyl (C=O) groups excluding carboxylic acids is 4. The van der Waals surface area contributed by atoms with Gasteiger partial charge in [0, 0.05) is 19.5 Å². The second kappa shape index (κ2) is 16.3. The topological polar surface area (TPSA) is 161 Å². The lowest BCUT2D eigenvalue weighted by Crippen LogP contribution is -2.49. The summed E-state index contributed by atoms with van der Waals surface area (Å²) in [5.41, 5.74) is 2.07. The van der Waals surface area contributed by atoms with E-state index in [1.165, 1.54) is 23.2 Å². The van der Waals surface area contributed by atoms with Gasteiger partial charge in [-0.25, -0.2) is 24.0 Å². The molecule has 2 saturated heterocycles. The number of alkyl carbamates (subject to hydrolysis) is 1. The monoisotopic (exact) mass is 691 g/mol. The first-order valence-electron chi connectivity index (χ1n) is 17.3. The molecule has 3 rings (SSSR count). The lowest BCUT2D eigenvalue weighted by Gasteiger charge is -2.29. The van der Waals surface area contributed by atoms with Gasteiger partial charge >= 0.3 is 30.2 Å². The zero-order chi connectivity index (χ0) is 36.7. The fourth-order valence-corrected chi connectivity index (χ4v) is 6.39. The molecular formula is C36H57N3O10. The molecule has 2 fully saturated rings. The normalized spacial score (nSPS) is 20.3. The fraction of sp³-hybridized carbons (Fsp3) is 0.750. The number of rotatable bonds is 12. The van der Waals surface area contributed by atoms with E-state index in [0.29, 0.717) is 13.1 Å². The van der Waals surface area contributed by atoms with Gasteiger partial charge in [0.15, 0.2) is 0 Å². The molecule has 3 unspecified atom stereocenters. The third kappa shape index (κ3) is 11.7. The summed E-state index contributed by atoms with van der Waals surface area (Å²) in [6.45, 7) is 15.7. The smallest absolute Gasteiger partial charge is 0.411 e. The number of carboxylic acid groups (broad SMARTS) is 1. The average molecular weight is 692 g/mol. The van der Waals surface area contributed by atoms with Gasteiger partial charge in [0.05, 0.1) is 20.3 Å². The van der Waals surface area contributed by atoms with E-state index >= 15 is 0 Å². The van der Waals surface area contributed by atoms with E-state index in [1.54, 1.807) is 46.4 Å². The van der Waals surface area contributed by atoms with Gasteiger partial charge < -0.3 is 29.4 Å². The first-order chi connectivity index (χ1) is 22.7. The van der Waals surface area contributed by atoms with Crippen molar-refractivity contribution in [1.82, 2.24) is 15.1 Å². The molecule has 0 spiro atoms. The van der Waals surface area contributed by atoms with Crippen LogP contribution in [0.2, 0.25) is 0 Å². The number of amides is 3. The number of esters is 1. The van der Waals surface area contributed by atoms with Crippen LogP contribution < -0.4 is 5.32 Å². The van der Waals surface area contributed by atoms with Crippen LogP contribution in [0.1, 0.15) is 107 Å². The van der Waals surface area contributed by atoms with Gasteiger partial charge in [0.25, 0.3) is 0 Å². The summed E-state index contributed by atoms with van der Waals surface area (Å²) in [5.74, 6) is -1.68. The standard InChI is InChI=1S/C36H57N3O10/c1-34(2,3)28(29(40)41)37-31(43)47-22-36(7,8)17-12-10-11-14-23-15-13-16-24-19-38(21-26(23)24)32(44)48-25-18-27(30(42)46-9)39(20-25)33(45)49-35(4,5)6/h16,25,27-28H,10-15,17-22H2,1-9H3,(H,37,43)(H,40,41). The predicted molar refractivity (Wildman–Crippen MR) is 182 cm³/mol. The van der Waals surface area contributed by atoms with Crippen LogP contribution in [0.15, 0.2) is 22.8 Å². The highest BCUT2D eigenvalue weighted by molar-refractivity contribution is 5.83. The molecule has 3 aliphatic rings. The minimum atomic E-state index is -1.10. The number of unbranched alkanes of at least 4 members (excludes halogenated alkanes) is 2. The maximum absolute atomic E-state index is 13.3. The van der Waals surface area contributed by atoms with Crippen LogP contribution in [0.4, 0.5) is 14.4 Å². The minimum absolute atomic E-state index is 0.0451. The van der Waals surface area contributed by atoms with Crippen LogP contribution in [0, 0.1) is 10.8 Å². The van der Waals surface area contributed by atoms with E-state index < -0.39 is 59.4 Å². The molecule has 3 atom stereocenters. The molecule has 0 aromatic rings. The number of ether oxygens (including phenoxy) is 4. The maximum Gasteiger partial charge on any atom is 0.411 e. The van der Waals surface area contributed by atoms with E-state index in [9.17, 15) is 29.1 Å². The van der Waals surface area contributed by atoms with Crippen LogP contribution in [0.3, 0.4) is 0 Å². The van der Waals surface area contributed by atoms with Gasteiger partial charge in [0.1, 0.15) is 23.8 Å². The zero-order valence-corrected chi connectivity index (χ0v) is 30.8. The Bertz CT molecular complexity index is 1310. The highest BCUT2D eigenvalue weighted by Gasteiger charge is 2.44. The number of hydrogen-bond donors (Lipinski definition) is 2. The van der Waals surface area contributed by atoms with E-state index in [0.717, 1.165) is 50.5 Å². The number of fused-ring (bicyclic) bond motifs is 1. The number of aliphatic carboxylic acids is 1. The van der Waals surface area contributed by atoms with Gasteiger partial charge in [0.2, 0.25) is 0 Å². The highest BCUT2D eigenvalue weighted by Crippen LogP contribution is 2.35. The number of carbonyl (C=O) groups is 5. The lowest BCUT2D eigenvalue weighted by molar-refractivity contribution is -0.145. The molecule has 2 aliphatic heterocycles. The largest absolute Gasteiger partial charge is 0.480 e. The van der Waals surface area contributed by atoms with Crippen molar-refractivity contribution in [2.45, 2.75) is 131 Å². The molecule has 49 heavy (non-hydrogen) atoms. The zero-order valence-electron chi connectivity index (χ0n) is 30.8. The molecule has 0 radical (unpaired) electrons. The summed E-state index contributed by atoms with van der Waals surface area (Å²) in [4.78, 5) is 65.3. The number of carboxylic acids is 1. The SMILES string of the molecule is COC(=O)C1CC(OC(=O)N2CC3=CCCC(CCCCCC(C)(C)COC(=O)NC(C(=O)O)C(C)(C)C)=C3C2)CN1C(=O)OC(C)(C)C. The molecule has 0 bridgehead atoms. The average Bonchev–Trinajstić information content (AvgIpc) is 3.62. The van der Waals surface area contributed by atoms with Crippen molar-refractivity contribution in [2.75, 3.05) is 33.4 Å². The van der Waals surface area contributed by atoms with Gasteiger partial charge in [-0.3, -0.25) is 9.80 Å². The van der Waals surface area contributed by atoms with Crippen LogP contribution in [0.25, 0.3) is 0 Å². The molecule has 0 saturated carbocycles. The Hall–Kier alpha value is -3.77. The first-order valence-corrected chi connectivity index (χ1v) is 17.3. The number of hydrogen-bond acceptors (Lipinski definition) is 9. The number of likely N-dealkylation sites (tertiary alicyclic amines) is 2. The summed E-state index contributed by atoms with van der Waals surface area (Å²) in [6.07, 6.45) is 6.43. The highest BCUT2D eigenvalue weighted by atomic mass is 16.6. The molecular weight excluding hydrogens is 634 g/mol. The Morgan fingerprint density at radius 3 is 2.29 bits per heavy atom. The Labute approximate surface area is 290 Å². The maximum atomic E-state index is 13.3. The van der Waals surface area contributed by atoms with Crippen LogP contribution in [0.5, 0.6) is 0 Å². The summed E-state index contributed by atoms with van der Waals surface area (Å²) < 4.78 is 21.6. The summed E-state index contributed by atoms with van der Waals surface area (Å²) in [5, 5.41) is 11.9. The predicted octanol–water partition coefficient (Wildman–Crippen LogP) is 6.21. The third-order valence-corrected chi connectivity index (χ3v) is 9.05. The minimum Gasteiger partial charge on any atom is -0.480 e. The number of nitrogens with zero attached hydrogens (tertiary/aromatic N) is 2. The Kier molecular flexibility index (Phi) is 13.2. The number of allylic oxidation sites excluding steroid dienone is 2. The number of nitrogens with one attached hydrogen (secondary N) is 1. The molecule has 2 N–H and O–H groups in total. The lowest BCUT2D eigenvalue weighted by atomic mass is 9.86. The van der Waals surface area contributed by atoms with Crippen molar-refractivity contribution in [2.24, 2.45) is 10.8 Å². The van der Waals surface area contributed by atoms with Crippen LogP contribution in [-0.2, 0) is 28.5 Å².